The largest absolute Gasteiger partial charge is 0.610 e. The Hall–Kier alpha value is -1.93. The van der Waals surface area contributed by atoms with Crippen molar-refractivity contribution in [1.29, 1.82) is 0 Å². The Morgan fingerprint density at radius 1 is 1.50 bits per heavy atom. The van der Waals surface area contributed by atoms with Crippen LogP contribution in [0.1, 0.15) is 12.8 Å². The standard InChI is InChI=1S/C19H19N3O6S4/c1-2-12-20-6-13(28-12)30-7-10-8-31-18-15(17(24)22(18)16(10)19(25)26)21-11(23)9-32(27)14-4-3-5-29-14/h3-6,15,18H,2,7-9H2,1H3,(H,21,23)(H,25,26)/t15?,18-,32?/m0/s1. The molecule has 2 aliphatic heterocycles. The quantitative estimate of drug-likeness (QED) is 0.293. The molecule has 0 radical (unpaired) electrons. The van der Waals surface area contributed by atoms with Gasteiger partial charge in [-0.1, -0.05) is 30.0 Å². The molecule has 2 aliphatic rings. The number of thiophene rings is 1. The third-order valence-electron chi connectivity index (χ3n) is 4.77. The van der Waals surface area contributed by atoms with Crippen LogP contribution in [0.3, 0.4) is 0 Å². The first-order valence-electron chi connectivity index (χ1n) is 9.57. The van der Waals surface area contributed by atoms with E-state index in [0.29, 0.717) is 38.7 Å². The number of carbonyl (C=O) groups is 3. The number of carbonyl (C=O) groups excluding carboxylic acids is 2. The Kier molecular flexibility index (Phi) is 7.20. The maximum absolute atomic E-state index is 12.7. The molecular weight excluding hydrogens is 494 g/mol. The van der Waals surface area contributed by atoms with Gasteiger partial charge in [0.2, 0.25) is 4.21 Å². The number of hydrogen-bond donors (Lipinski definition) is 2. The van der Waals surface area contributed by atoms with Crippen molar-refractivity contribution in [2.45, 2.75) is 34.1 Å². The van der Waals surface area contributed by atoms with E-state index >= 15 is 0 Å². The van der Waals surface area contributed by atoms with Crippen LogP contribution in [0.15, 0.2) is 48.7 Å². The van der Waals surface area contributed by atoms with E-state index in [4.69, 9.17) is 4.42 Å². The Bertz CT molecular complexity index is 1050. The lowest BCUT2D eigenvalue weighted by atomic mass is 10.0. The van der Waals surface area contributed by atoms with Crippen LogP contribution in [0.25, 0.3) is 0 Å². The predicted octanol–water partition coefficient (Wildman–Crippen LogP) is 1.94. The van der Waals surface area contributed by atoms with E-state index in [0.717, 1.165) is 0 Å². The van der Waals surface area contributed by atoms with Crippen LogP contribution in [-0.4, -0.2) is 66.0 Å². The Labute approximate surface area is 199 Å². The number of amides is 2. The zero-order valence-corrected chi connectivity index (χ0v) is 20.1. The van der Waals surface area contributed by atoms with Crippen LogP contribution in [0, 0.1) is 0 Å². The summed E-state index contributed by atoms with van der Waals surface area (Å²) >= 11 is 2.53. The summed E-state index contributed by atoms with van der Waals surface area (Å²) in [6.07, 6.45) is 2.27. The van der Waals surface area contributed by atoms with Crippen LogP contribution < -0.4 is 5.32 Å². The fraction of sp³-hybridized carbons (Fsp3) is 0.368. The summed E-state index contributed by atoms with van der Waals surface area (Å²) in [5, 5.41) is 14.2. The molecule has 1 saturated heterocycles. The van der Waals surface area contributed by atoms with Gasteiger partial charge in [0.1, 0.15) is 17.1 Å². The van der Waals surface area contributed by atoms with Gasteiger partial charge in [-0.15, -0.1) is 11.8 Å². The highest BCUT2D eigenvalue weighted by molar-refractivity contribution is 8.01. The molecule has 0 spiro atoms. The summed E-state index contributed by atoms with van der Waals surface area (Å²) in [4.78, 5) is 42.3. The lowest BCUT2D eigenvalue weighted by Gasteiger charge is -2.49. The average molecular weight is 514 g/mol. The molecule has 0 saturated carbocycles. The molecule has 4 heterocycles. The van der Waals surface area contributed by atoms with Gasteiger partial charge >= 0.3 is 5.97 Å². The van der Waals surface area contributed by atoms with Crippen LogP contribution in [0.2, 0.25) is 0 Å². The highest BCUT2D eigenvalue weighted by Crippen LogP contribution is 2.41. The molecule has 0 bridgehead atoms. The van der Waals surface area contributed by atoms with E-state index in [2.05, 4.69) is 10.3 Å². The summed E-state index contributed by atoms with van der Waals surface area (Å²) in [6.45, 7) is 1.92. The minimum absolute atomic E-state index is 0.0471. The topological polar surface area (TPSA) is 136 Å². The third kappa shape index (κ3) is 4.71. The van der Waals surface area contributed by atoms with Crippen molar-refractivity contribution >= 4 is 63.8 Å². The highest BCUT2D eigenvalue weighted by atomic mass is 32.2. The van der Waals surface area contributed by atoms with Crippen molar-refractivity contribution in [2.75, 3.05) is 17.3 Å². The number of hydrogen-bond acceptors (Lipinski definition) is 9. The molecule has 2 aromatic rings. The molecule has 2 unspecified atom stereocenters. The van der Waals surface area contributed by atoms with Gasteiger partial charge in [0, 0.05) is 35.2 Å². The SMILES string of the molecule is CCc1ncc(SCC2=C(C(=O)O)N3C(=O)C(NC(=O)C[S+]([O-])c4cccs4)[C@@H]3SC2)o1. The van der Waals surface area contributed by atoms with Crippen molar-refractivity contribution in [3.63, 3.8) is 0 Å². The molecule has 0 aliphatic carbocycles. The fourth-order valence-corrected chi connectivity index (χ4v) is 7.50. The molecule has 0 aromatic carbocycles. The van der Waals surface area contributed by atoms with Gasteiger partial charge < -0.3 is 19.4 Å². The monoisotopic (exact) mass is 513 g/mol. The second-order valence-electron chi connectivity index (χ2n) is 6.85. The zero-order chi connectivity index (χ0) is 22.8. The Morgan fingerprint density at radius 3 is 2.97 bits per heavy atom. The molecular formula is C19H19N3O6S4. The number of aromatic nitrogens is 1. The number of rotatable bonds is 9. The van der Waals surface area contributed by atoms with Gasteiger partial charge in [0.25, 0.3) is 11.8 Å². The van der Waals surface area contributed by atoms with Crippen molar-refractivity contribution in [2.24, 2.45) is 0 Å². The second-order valence-corrected chi connectivity index (χ2v) is 11.6. The smallest absolute Gasteiger partial charge is 0.352 e. The lowest BCUT2D eigenvalue weighted by Crippen LogP contribution is -2.70. The zero-order valence-electron chi connectivity index (χ0n) is 16.8. The van der Waals surface area contributed by atoms with Crippen LogP contribution in [0.4, 0.5) is 0 Å². The molecule has 2 aromatic heterocycles. The number of aliphatic carboxylic acids is 1. The van der Waals surface area contributed by atoms with Gasteiger partial charge in [-0.3, -0.25) is 14.5 Å². The molecule has 2 N–H and O–H groups in total. The number of aryl methyl sites for hydroxylation is 1. The van der Waals surface area contributed by atoms with Crippen LogP contribution in [0.5, 0.6) is 0 Å². The summed E-state index contributed by atoms with van der Waals surface area (Å²) in [5.41, 5.74) is 0.560. The highest BCUT2D eigenvalue weighted by Gasteiger charge is 2.54. The summed E-state index contributed by atoms with van der Waals surface area (Å²) < 4.78 is 18.4. The minimum Gasteiger partial charge on any atom is -0.610 e. The molecule has 3 atom stereocenters. The van der Waals surface area contributed by atoms with Crippen molar-refractivity contribution < 1.29 is 28.5 Å². The van der Waals surface area contributed by atoms with Crippen LogP contribution >= 0.6 is 34.9 Å². The maximum atomic E-state index is 12.7. The van der Waals surface area contributed by atoms with E-state index in [9.17, 15) is 24.0 Å². The second kappa shape index (κ2) is 9.91. The van der Waals surface area contributed by atoms with E-state index in [1.807, 2.05) is 6.92 Å². The van der Waals surface area contributed by atoms with Crippen LogP contribution in [-0.2, 0) is 32.0 Å². The number of thioether (sulfide) groups is 2. The molecule has 13 heteroatoms. The summed E-state index contributed by atoms with van der Waals surface area (Å²) in [6, 6.07) is 2.60. The summed E-state index contributed by atoms with van der Waals surface area (Å²) in [7, 11) is 0. The molecule has 2 amide bonds. The molecule has 170 valence electrons. The van der Waals surface area contributed by atoms with Gasteiger partial charge in [0.15, 0.2) is 16.7 Å². The van der Waals surface area contributed by atoms with Gasteiger partial charge in [0.05, 0.1) is 6.20 Å². The number of nitrogens with one attached hydrogen (secondary N) is 1. The van der Waals surface area contributed by atoms with Gasteiger partial charge in [-0.05, 0) is 17.0 Å². The lowest BCUT2D eigenvalue weighted by molar-refractivity contribution is -0.150. The number of β-lactam (4-membered cyclic amide) rings is 1. The maximum Gasteiger partial charge on any atom is 0.352 e. The van der Waals surface area contributed by atoms with E-state index in [1.165, 1.54) is 39.8 Å². The van der Waals surface area contributed by atoms with E-state index < -0.39 is 40.4 Å². The van der Waals surface area contributed by atoms with Crippen molar-refractivity contribution in [3.05, 3.63) is 40.9 Å². The molecule has 9 nitrogen and oxygen atoms in total. The first kappa shape index (κ1) is 23.2. The first-order valence-corrected chi connectivity index (χ1v) is 13.8. The summed E-state index contributed by atoms with van der Waals surface area (Å²) in [5.74, 6) is -1.06. The molecule has 32 heavy (non-hydrogen) atoms. The number of carboxylic acid groups (broad SMARTS) is 1. The van der Waals surface area contributed by atoms with Gasteiger partial charge in [-0.2, -0.15) is 0 Å². The fourth-order valence-electron chi connectivity index (χ4n) is 3.27. The van der Waals surface area contributed by atoms with E-state index in [-0.39, 0.29) is 11.4 Å². The molecule has 1 fully saturated rings. The van der Waals surface area contributed by atoms with Gasteiger partial charge in [-0.25, -0.2) is 9.78 Å². The van der Waals surface area contributed by atoms with Crippen molar-refractivity contribution in [3.8, 4) is 0 Å². The number of fused-ring (bicyclic) bond motifs is 1. The number of oxazole rings is 1. The van der Waals surface area contributed by atoms with Crippen molar-refractivity contribution in [1.82, 2.24) is 15.2 Å². The first-order chi connectivity index (χ1) is 15.4. The number of nitrogens with zero attached hydrogens (tertiary/aromatic N) is 2. The third-order valence-corrected chi connectivity index (χ3v) is 9.69. The Balaban J connectivity index is 1.40. The average Bonchev–Trinajstić information content (AvgIpc) is 3.47. The number of carboxylic acids is 1. The molecule has 4 rings (SSSR count). The minimum atomic E-state index is -1.48. The Morgan fingerprint density at radius 2 is 2.31 bits per heavy atom. The van der Waals surface area contributed by atoms with E-state index in [1.54, 1.807) is 23.7 Å². The normalized spacial score (nSPS) is 21.2. The predicted molar refractivity (Wildman–Crippen MR) is 122 cm³/mol.